The van der Waals surface area contributed by atoms with E-state index in [0.29, 0.717) is 41.1 Å². The SMILES string of the molecule is N#Cc1c(N2C(=O)CC(c3c(F)cccc3Cl)C3=C2CCCC3=O)sc2c1CCCCCC2. The van der Waals surface area contributed by atoms with Gasteiger partial charge in [-0.3, -0.25) is 14.5 Å². The number of amides is 1. The third kappa shape index (κ3) is 3.82. The van der Waals surface area contributed by atoms with E-state index < -0.39 is 11.7 Å². The first kappa shape index (κ1) is 22.3. The third-order valence-electron chi connectivity index (χ3n) is 6.99. The lowest BCUT2D eigenvalue weighted by Gasteiger charge is -2.38. The van der Waals surface area contributed by atoms with Crippen molar-refractivity contribution >= 4 is 39.6 Å². The number of halogens is 2. The minimum atomic E-state index is -0.697. The standard InChI is InChI=1S/C26H24ClFN2O2S/c27-18-8-5-9-19(28)24(18)16-13-23(32)30(20-10-6-11-21(31)25(16)20)26-17(14-29)15-7-3-1-2-4-12-22(15)33-26/h5,8-9,16H,1-4,6-7,10-13H2. The second-order valence-corrected chi connectivity index (χ2v) is 10.5. The van der Waals surface area contributed by atoms with Gasteiger partial charge in [0.25, 0.3) is 0 Å². The van der Waals surface area contributed by atoms with Gasteiger partial charge in [-0.2, -0.15) is 5.26 Å². The Labute approximate surface area is 201 Å². The zero-order chi connectivity index (χ0) is 23.1. The van der Waals surface area contributed by atoms with E-state index in [1.165, 1.54) is 34.8 Å². The van der Waals surface area contributed by atoms with Crippen LogP contribution in [0.2, 0.25) is 5.02 Å². The van der Waals surface area contributed by atoms with Gasteiger partial charge in [-0.25, -0.2) is 4.39 Å². The molecule has 0 fully saturated rings. The summed E-state index contributed by atoms with van der Waals surface area (Å²) in [5.41, 5.74) is 2.95. The van der Waals surface area contributed by atoms with Crippen molar-refractivity contribution in [3.05, 3.63) is 61.9 Å². The zero-order valence-corrected chi connectivity index (χ0v) is 19.8. The Morgan fingerprint density at radius 2 is 1.85 bits per heavy atom. The monoisotopic (exact) mass is 482 g/mol. The number of rotatable bonds is 2. The van der Waals surface area contributed by atoms with Crippen LogP contribution in [0.25, 0.3) is 0 Å². The van der Waals surface area contributed by atoms with Crippen molar-refractivity contribution < 1.29 is 14.0 Å². The number of fused-ring (bicyclic) bond motifs is 1. The van der Waals surface area contributed by atoms with Crippen LogP contribution in [0.5, 0.6) is 0 Å². The van der Waals surface area contributed by atoms with Gasteiger partial charge in [-0.1, -0.05) is 30.5 Å². The van der Waals surface area contributed by atoms with Gasteiger partial charge in [0.05, 0.1) is 5.56 Å². The summed E-state index contributed by atoms with van der Waals surface area (Å²) in [6.45, 7) is 0. The van der Waals surface area contributed by atoms with Crippen LogP contribution in [0, 0.1) is 17.1 Å². The maximum absolute atomic E-state index is 14.8. The number of nitriles is 1. The second-order valence-electron chi connectivity index (χ2n) is 8.97. The van der Waals surface area contributed by atoms with E-state index in [4.69, 9.17) is 11.6 Å². The first-order valence-corrected chi connectivity index (χ1v) is 12.8. The number of ketones is 1. The van der Waals surface area contributed by atoms with Gasteiger partial charge in [0, 0.05) is 45.5 Å². The summed E-state index contributed by atoms with van der Waals surface area (Å²) in [6, 6.07) is 6.80. The Kier molecular flexibility index (Phi) is 6.11. The fourth-order valence-corrected chi connectivity index (χ4v) is 7.17. The van der Waals surface area contributed by atoms with Crippen LogP contribution in [-0.4, -0.2) is 11.7 Å². The molecule has 3 aliphatic rings. The molecule has 0 saturated heterocycles. The number of benzene rings is 1. The molecule has 1 aromatic heterocycles. The van der Waals surface area contributed by atoms with Crippen LogP contribution in [0.4, 0.5) is 9.39 Å². The smallest absolute Gasteiger partial charge is 0.232 e. The summed E-state index contributed by atoms with van der Waals surface area (Å²) in [5, 5.41) is 10.9. The van der Waals surface area contributed by atoms with Crippen molar-refractivity contribution in [2.24, 2.45) is 0 Å². The molecule has 0 saturated carbocycles. The summed E-state index contributed by atoms with van der Waals surface area (Å²) in [5.74, 6) is -1.47. The molecule has 1 aromatic carbocycles. The number of thiophene rings is 1. The molecule has 0 N–H and O–H groups in total. The summed E-state index contributed by atoms with van der Waals surface area (Å²) < 4.78 is 14.8. The highest BCUT2D eigenvalue weighted by molar-refractivity contribution is 7.16. The fourth-order valence-electron chi connectivity index (χ4n) is 5.50. The van der Waals surface area contributed by atoms with Crippen LogP contribution >= 0.6 is 22.9 Å². The molecular formula is C26H24ClFN2O2S. The van der Waals surface area contributed by atoms with Gasteiger partial charge in [-0.05, 0) is 56.2 Å². The van der Waals surface area contributed by atoms with Crippen molar-refractivity contribution in [2.75, 3.05) is 4.90 Å². The van der Waals surface area contributed by atoms with Gasteiger partial charge in [0.15, 0.2) is 5.78 Å². The maximum Gasteiger partial charge on any atom is 0.232 e. The molecule has 0 radical (unpaired) electrons. The molecule has 1 amide bonds. The number of Topliss-reactive ketones (excluding diaryl/α,β-unsaturated/α-hetero) is 1. The molecule has 7 heteroatoms. The highest BCUT2D eigenvalue weighted by atomic mass is 35.5. The van der Waals surface area contributed by atoms with Crippen LogP contribution in [-0.2, 0) is 22.4 Å². The van der Waals surface area contributed by atoms with E-state index in [2.05, 4.69) is 6.07 Å². The lowest BCUT2D eigenvalue weighted by Crippen LogP contribution is -2.40. The quantitative estimate of drug-likeness (QED) is 0.484. The first-order valence-electron chi connectivity index (χ1n) is 11.6. The summed E-state index contributed by atoms with van der Waals surface area (Å²) in [7, 11) is 0. The molecule has 170 valence electrons. The predicted molar refractivity (Wildman–Crippen MR) is 127 cm³/mol. The third-order valence-corrected chi connectivity index (χ3v) is 8.60. The molecule has 0 spiro atoms. The van der Waals surface area contributed by atoms with E-state index in [1.54, 1.807) is 11.0 Å². The lowest BCUT2D eigenvalue weighted by molar-refractivity contribution is -0.119. The average Bonchev–Trinajstić information content (AvgIpc) is 3.09. The first-order chi connectivity index (χ1) is 16.0. The zero-order valence-electron chi connectivity index (χ0n) is 18.3. The van der Waals surface area contributed by atoms with Gasteiger partial charge in [0.2, 0.25) is 5.91 Å². The largest absolute Gasteiger partial charge is 0.294 e. The fraction of sp³-hybridized carbons (Fsp3) is 0.423. The van der Waals surface area contributed by atoms with E-state index in [0.717, 1.165) is 37.7 Å². The van der Waals surface area contributed by atoms with Gasteiger partial charge < -0.3 is 0 Å². The van der Waals surface area contributed by atoms with Crippen molar-refractivity contribution in [1.82, 2.24) is 0 Å². The van der Waals surface area contributed by atoms with Crippen molar-refractivity contribution in [3.8, 4) is 6.07 Å². The molecule has 4 nitrogen and oxygen atoms in total. The molecule has 2 aliphatic carbocycles. The number of hydrogen-bond donors (Lipinski definition) is 0. The summed E-state index contributed by atoms with van der Waals surface area (Å²) >= 11 is 7.87. The second kappa shape index (κ2) is 9.04. The van der Waals surface area contributed by atoms with E-state index in [1.807, 2.05) is 0 Å². The predicted octanol–water partition coefficient (Wildman–Crippen LogP) is 6.60. The molecule has 5 rings (SSSR count). The van der Waals surface area contributed by atoms with Gasteiger partial charge in [0.1, 0.15) is 16.9 Å². The number of carbonyl (C=O) groups excluding carboxylic acids is 2. The lowest BCUT2D eigenvalue weighted by atomic mass is 9.77. The number of anilines is 1. The topological polar surface area (TPSA) is 61.2 Å². The number of carbonyl (C=O) groups is 2. The molecule has 1 atom stereocenters. The summed E-state index contributed by atoms with van der Waals surface area (Å²) in [6.07, 6.45) is 7.68. The minimum Gasteiger partial charge on any atom is -0.294 e. The molecule has 1 unspecified atom stereocenters. The van der Waals surface area contributed by atoms with E-state index in [-0.39, 0.29) is 28.7 Å². The number of nitrogens with zero attached hydrogens (tertiary/aromatic N) is 2. The number of allylic oxidation sites excluding steroid dienone is 2. The Bertz CT molecular complexity index is 1210. The number of aryl methyl sites for hydroxylation is 1. The van der Waals surface area contributed by atoms with Crippen LogP contribution in [0.1, 0.15) is 78.9 Å². The van der Waals surface area contributed by atoms with Crippen LogP contribution in [0.3, 0.4) is 0 Å². The van der Waals surface area contributed by atoms with Crippen molar-refractivity contribution in [3.63, 3.8) is 0 Å². The van der Waals surface area contributed by atoms with E-state index >= 15 is 0 Å². The molecule has 2 aromatic rings. The Balaban J connectivity index is 1.68. The molecular weight excluding hydrogens is 459 g/mol. The summed E-state index contributed by atoms with van der Waals surface area (Å²) in [4.78, 5) is 29.5. The Morgan fingerprint density at radius 1 is 1.06 bits per heavy atom. The highest BCUT2D eigenvalue weighted by Gasteiger charge is 2.42. The van der Waals surface area contributed by atoms with Crippen molar-refractivity contribution in [2.45, 2.75) is 70.1 Å². The van der Waals surface area contributed by atoms with E-state index in [9.17, 15) is 19.2 Å². The van der Waals surface area contributed by atoms with Gasteiger partial charge in [-0.15, -0.1) is 11.3 Å². The average molecular weight is 483 g/mol. The minimum absolute atomic E-state index is 0.0430. The highest BCUT2D eigenvalue weighted by Crippen LogP contribution is 2.49. The van der Waals surface area contributed by atoms with Crippen LogP contribution < -0.4 is 4.90 Å². The maximum atomic E-state index is 14.8. The molecule has 0 bridgehead atoms. The van der Waals surface area contributed by atoms with Crippen molar-refractivity contribution in [1.29, 1.82) is 5.26 Å². The Morgan fingerprint density at radius 3 is 2.61 bits per heavy atom. The van der Waals surface area contributed by atoms with Crippen LogP contribution in [0.15, 0.2) is 29.5 Å². The molecule has 33 heavy (non-hydrogen) atoms. The normalized spacial score (nSPS) is 21.2. The molecule has 2 heterocycles. The number of hydrogen-bond acceptors (Lipinski definition) is 4. The Hall–Kier alpha value is -2.49. The van der Waals surface area contributed by atoms with Gasteiger partial charge >= 0.3 is 0 Å². The molecule has 1 aliphatic heterocycles.